The number of hydrogen-bond donors (Lipinski definition) is 0. The molecule has 0 N–H and O–H groups in total. The molecule has 2 aromatic carbocycles. The first-order valence-corrected chi connectivity index (χ1v) is 8.15. The van der Waals surface area contributed by atoms with Gasteiger partial charge in [-0.2, -0.15) is 0 Å². The molecule has 0 fully saturated rings. The maximum Gasteiger partial charge on any atom is 0.120 e. The van der Waals surface area contributed by atoms with E-state index >= 15 is 0 Å². The van der Waals surface area contributed by atoms with E-state index in [-0.39, 0.29) is 0 Å². The molecule has 0 saturated carbocycles. The summed E-state index contributed by atoms with van der Waals surface area (Å²) in [4.78, 5) is 2.22. The third-order valence-electron chi connectivity index (χ3n) is 3.52. The molecule has 0 heterocycles. The van der Waals surface area contributed by atoms with Crippen molar-refractivity contribution >= 4 is 0 Å². The highest BCUT2D eigenvalue weighted by molar-refractivity contribution is 5.31. The molecule has 2 aromatic rings. The lowest BCUT2D eigenvalue weighted by Crippen LogP contribution is -2.28. The molecular weight excluding hydrogens is 298 g/mol. The van der Waals surface area contributed by atoms with E-state index in [1.807, 2.05) is 54.6 Å². The maximum absolute atomic E-state index is 5.78. The molecule has 126 valence electrons. The first kappa shape index (κ1) is 17.8. The third-order valence-corrected chi connectivity index (χ3v) is 3.52. The second-order valence-corrected chi connectivity index (χ2v) is 5.43. The SMILES string of the molecule is C=CCN(CC=C)CCOc1ccc(OCc2ccccc2)cc1. The summed E-state index contributed by atoms with van der Waals surface area (Å²) in [6, 6.07) is 17.9. The third kappa shape index (κ3) is 6.31. The highest BCUT2D eigenvalue weighted by Gasteiger charge is 2.02. The van der Waals surface area contributed by atoms with Gasteiger partial charge in [-0.15, -0.1) is 13.2 Å². The molecular formula is C21H25NO2. The van der Waals surface area contributed by atoms with E-state index < -0.39 is 0 Å². The van der Waals surface area contributed by atoms with Crippen molar-refractivity contribution in [2.75, 3.05) is 26.2 Å². The van der Waals surface area contributed by atoms with Gasteiger partial charge in [0.25, 0.3) is 0 Å². The van der Waals surface area contributed by atoms with Crippen molar-refractivity contribution in [3.8, 4) is 11.5 Å². The zero-order valence-electron chi connectivity index (χ0n) is 14.1. The van der Waals surface area contributed by atoms with Crippen molar-refractivity contribution in [1.29, 1.82) is 0 Å². The summed E-state index contributed by atoms with van der Waals surface area (Å²) in [5, 5.41) is 0. The van der Waals surface area contributed by atoms with Gasteiger partial charge in [-0.05, 0) is 29.8 Å². The van der Waals surface area contributed by atoms with E-state index in [0.29, 0.717) is 13.2 Å². The molecule has 0 unspecified atom stereocenters. The van der Waals surface area contributed by atoms with Crippen LogP contribution in [0.5, 0.6) is 11.5 Å². The van der Waals surface area contributed by atoms with Crippen molar-refractivity contribution in [2.45, 2.75) is 6.61 Å². The quantitative estimate of drug-likeness (QED) is 0.575. The fourth-order valence-corrected chi connectivity index (χ4v) is 2.29. The van der Waals surface area contributed by atoms with Gasteiger partial charge in [-0.25, -0.2) is 0 Å². The molecule has 2 rings (SSSR count). The highest BCUT2D eigenvalue weighted by Crippen LogP contribution is 2.18. The molecule has 0 atom stereocenters. The van der Waals surface area contributed by atoms with Crippen molar-refractivity contribution in [3.63, 3.8) is 0 Å². The molecule has 3 nitrogen and oxygen atoms in total. The Balaban J connectivity index is 1.75. The summed E-state index contributed by atoms with van der Waals surface area (Å²) >= 11 is 0. The number of rotatable bonds is 11. The topological polar surface area (TPSA) is 21.7 Å². The predicted molar refractivity (Wildman–Crippen MR) is 99.5 cm³/mol. The van der Waals surface area contributed by atoms with E-state index in [1.54, 1.807) is 0 Å². The minimum absolute atomic E-state index is 0.569. The molecule has 0 aliphatic rings. The largest absolute Gasteiger partial charge is 0.492 e. The van der Waals surface area contributed by atoms with E-state index in [2.05, 4.69) is 30.2 Å². The molecule has 0 aliphatic heterocycles. The molecule has 0 spiro atoms. The Morgan fingerprint density at radius 2 is 1.38 bits per heavy atom. The monoisotopic (exact) mass is 323 g/mol. The van der Waals surface area contributed by atoms with Crippen LogP contribution in [-0.4, -0.2) is 31.1 Å². The summed E-state index contributed by atoms with van der Waals surface area (Å²) in [5.41, 5.74) is 1.15. The van der Waals surface area contributed by atoms with Crippen molar-refractivity contribution in [3.05, 3.63) is 85.5 Å². The minimum Gasteiger partial charge on any atom is -0.492 e. The summed E-state index contributed by atoms with van der Waals surface area (Å²) in [6.45, 7) is 11.2. The maximum atomic E-state index is 5.78. The normalized spacial score (nSPS) is 10.4. The summed E-state index contributed by atoms with van der Waals surface area (Å²) in [7, 11) is 0. The van der Waals surface area contributed by atoms with Crippen LogP contribution in [0.2, 0.25) is 0 Å². The summed E-state index contributed by atoms with van der Waals surface area (Å²) < 4.78 is 11.5. The van der Waals surface area contributed by atoms with Gasteiger partial charge in [-0.3, -0.25) is 4.90 Å². The Morgan fingerprint density at radius 3 is 1.96 bits per heavy atom. The summed E-state index contributed by atoms with van der Waals surface area (Å²) in [5.74, 6) is 1.69. The first-order chi connectivity index (χ1) is 11.8. The van der Waals surface area contributed by atoms with Crippen molar-refractivity contribution in [1.82, 2.24) is 4.90 Å². The van der Waals surface area contributed by atoms with E-state index in [9.17, 15) is 0 Å². The number of nitrogens with zero attached hydrogens (tertiary/aromatic N) is 1. The average molecular weight is 323 g/mol. The molecule has 3 heteroatoms. The second-order valence-electron chi connectivity index (χ2n) is 5.43. The zero-order valence-corrected chi connectivity index (χ0v) is 14.1. The smallest absolute Gasteiger partial charge is 0.120 e. The molecule has 0 aliphatic carbocycles. The van der Waals surface area contributed by atoms with E-state index in [0.717, 1.165) is 36.7 Å². The van der Waals surface area contributed by atoms with Crippen LogP contribution >= 0.6 is 0 Å². The first-order valence-electron chi connectivity index (χ1n) is 8.15. The van der Waals surface area contributed by atoms with Crippen molar-refractivity contribution < 1.29 is 9.47 Å². The lowest BCUT2D eigenvalue weighted by molar-refractivity contribution is 0.236. The van der Waals surface area contributed by atoms with Gasteiger partial charge < -0.3 is 9.47 Å². The van der Waals surface area contributed by atoms with E-state index in [1.165, 1.54) is 0 Å². The Bertz CT molecular complexity index is 597. The van der Waals surface area contributed by atoms with Gasteiger partial charge in [0.2, 0.25) is 0 Å². The molecule has 0 bridgehead atoms. The van der Waals surface area contributed by atoms with Crippen LogP contribution in [0.1, 0.15) is 5.56 Å². The van der Waals surface area contributed by atoms with Crippen LogP contribution in [0.4, 0.5) is 0 Å². The van der Waals surface area contributed by atoms with Gasteiger partial charge in [0, 0.05) is 19.6 Å². The second kappa shape index (κ2) is 10.3. The summed E-state index contributed by atoms with van der Waals surface area (Å²) in [6.07, 6.45) is 3.78. The van der Waals surface area contributed by atoms with Crippen LogP contribution < -0.4 is 9.47 Å². The Morgan fingerprint density at radius 1 is 0.792 bits per heavy atom. The van der Waals surface area contributed by atoms with Crippen LogP contribution in [-0.2, 0) is 6.61 Å². The van der Waals surface area contributed by atoms with Crippen molar-refractivity contribution in [2.24, 2.45) is 0 Å². The molecule has 0 saturated heterocycles. The predicted octanol–water partition coefficient (Wildman–Crippen LogP) is 4.32. The fraction of sp³-hybridized carbons (Fsp3) is 0.238. The number of hydrogen-bond acceptors (Lipinski definition) is 3. The van der Waals surface area contributed by atoms with Gasteiger partial charge in [0.15, 0.2) is 0 Å². The fourth-order valence-electron chi connectivity index (χ4n) is 2.29. The minimum atomic E-state index is 0.569. The Kier molecular flexibility index (Phi) is 7.64. The lowest BCUT2D eigenvalue weighted by Gasteiger charge is -2.18. The highest BCUT2D eigenvalue weighted by atomic mass is 16.5. The van der Waals surface area contributed by atoms with Gasteiger partial charge in [0.05, 0.1) is 0 Å². The van der Waals surface area contributed by atoms with Gasteiger partial charge >= 0.3 is 0 Å². The van der Waals surface area contributed by atoms with Gasteiger partial charge in [-0.1, -0.05) is 42.5 Å². The van der Waals surface area contributed by atoms with Crippen LogP contribution in [0.3, 0.4) is 0 Å². The molecule has 0 amide bonds. The number of benzene rings is 2. The van der Waals surface area contributed by atoms with Gasteiger partial charge in [0.1, 0.15) is 24.7 Å². The molecule has 0 radical (unpaired) electrons. The van der Waals surface area contributed by atoms with E-state index in [4.69, 9.17) is 9.47 Å². The average Bonchev–Trinajstić information content (AvgIpc) is 2.62. The standard InChI is InChI=1S/C21H25NO2/c1-3-14-22(15-4-2)16-17-23-20-10-12-21(13-11-20)24-18-19-8-6-5-7-9-19/h3-13H,1-2,14-18H2. The zero-order chi connectivity index (χ0) is 17.0. The molecule has 0 aromatic heterocycles. The Labute approximate surface area is 144 Å². The van der Waals surface area contributed by atoms with Crippen LogP contribution in [0, 0.1) is 0 Å². The van der Waals surface area contributed by atoms with Crippen LogP contribution in [0.25, 0.3) is 0 Å². The van der Waals surface area contributed by atoms with Crippen LogP contribution in [0.15, 0.2) is 79.9 Å². The number of ether oxygens (including phenoxy) is 2. The molecule has 24 heavy (non-hydrogen) atoms. The Hall–Kier alpha value is -2.52. The lowest BCUT2D eigenvalue weighted by atomic mass is 10.2.